The number of unbranched alkanes of at least 4 members (excludes halogenated alkanes) is 3. The maximum atomic E-state index is 11.9. The summed E-state index contributed by atoms with van der Waals surface area (Å²) in [6.45, 7) is 6.76. The lowest BCUT2D eigenvalue weighted by molar-refractivity contribution is -0.122. The Hall–Kier alpha value is -0.360. The smallest absolute Gasteiger partial charge is 0.220 e. The summed E-state index contributed by atoms with van der Waals surface area (Å²) in [5.74, 6) is 0.102. The second-order valence-corrected chi connectivity index (χ2v) is 6.64. The molecular weight excluding hydrogens is 329 g/mol. The molecule has 1 aromatic heterocycles. The van der Waals surface area contributed by atoms with Gasteiger partial charge in [-0.15, -0.1) is 36.2 Å². The molecule has 0 unspecified atom stereocenters. The quantitative estimate of drug-likeness (QED) is 0.700. The largest absolute Gasteiger partial charge is 0.345 e. The fourth-order valence-corrected chi connectivity index (χ4v) is 2.71. The summed E-state index contributed by atoms with van der Waals surface area (Å²) in [6.07, 6.45) is 6.59. The molecule has 0 saturated heterocycles. The molecule has 1 rings (SSSR count). The van der Waals surface area contributed by atoms with Gasteiger partial charge in [0.25, 0.3) is 0 Å². The summed E-state index contributed by atoms with van der Waals surface area (Å²) in [6, 6.07) is 0. The van der Waals surface area contributed by atoms with Crippen LogP contribution in [-0.2, 0) is 10.3 Å². The summed E-state index contributed by atoms with van der Waals surface area (Å²) in [5, 5.41) is 4.02. The van der Waals surface area contributed by atoms with Crippen LogP contribution in [0.1, 0.15) is 55.8 Å². The van der Waals surface area contributed by atoms with Gasteiger partial charge in [-0.05, 0) is 40.2 Å². The van der Waals surface area contributed by atoms with Gasteiger partial charge in [0.05, 0.1) is 5.54 Å². The molecule has 0 aromatic carbocycles. The van der Waals surface area contributed by atoms with Gasteiger partial charge in [0.15, 0.2) is 0 Å². The van der Waals surface area contributed by atoms with E-state index in [1.807, 2.05) is 27.0 Å². The van der Waals surface area contributed by atoms with Gasteiger partial charge in [-0.3, -0.25) is 4.79 Å². The van der Waals surface area contributed by atoms with Crippen LogP contribution >= 0.6 is 36.2 Å². The molecule has 0 atom stereocenters. The normalized spacial score (nSPS) is 10.5. The zero-order valence-corrected chi connectivity index (χ0v) is 15.4. The van der Waals surface area contributed by atoms with Crippen LogP contribution in [0, 0.1) is 6.92 Å². The number of hydrogen-bond acceptors (Lipinski definition) is 4. The third-order valence-corrected chi connectivity index (χ3v) is 4.20. The van der Waals surface area contributed by atoms with Gasteiger partial charge in [-0.25, -0.2) is 4.98 Å². The fourth-order valence-electron chi connectivity index (χ4n) is 1.89. The molecule has 0 aliphatic rings. The first-order valence-corrected chi connectivity index (χ1v) is 7.71. The van der Waals surface area contributed by atoms with Gasteiger partial charge in [-0.2, -0.15) is 0 Å². The van der Waals surface area contributed by atoms with Gasteiger partial charge in [0.2, 0.25) is 5.91 Å². The van der Waals surface area contributed by atoms with Gasteiger partial charge in [0, 0.05) is 17.5 Å². The molecule has 21 heavy (non-hydrogen) atoms. The number of amides is 1. The molecule has 0 aliphatic carbocycles. The molecule has 1 heterocycles. The highest BCUT2D eigenvalue weighted by atomic mass is 35.5. The maximum absolute atomic E-state index is 11.9. The Morgan fingerprint density at radius 1 is 1.29 bits per heavy atom. The lowest BCUT2D eigenvalue weighted by Gasteiger charge is -2.23. The van der Waals surface area contributed by atoms with Gasteiger partial charge in [0.1, 0.15) is 5.01 Å². The van der Waals surface area contributed by atoms with E-state index in [0.717, 1.165) is 37.2 Å². The number of nitrogens with one attached hydrogen (secondary N) is 1. The Kier molecular flexibility index (Phi) is 12.3. The molecule has 0 saturated carbocycles. The Morgan fingerprint density at radius 3 is 2.43 bits per heavy atom. The van der Waals surface area contributed by atoms with E-state index in [4.69, 9.17) is 5.73 Å². The molecule has 0 fully saturated rings. The van der Waals surface area contributed by atoms with Crippen molar-refractivity contribution in [3.8, 4) is 0 Å². The summed E-state index contributed by atoms with van der Waals surface area (Å²) in [4.78, 5) is 17.4. The zero-order chi connectivity index (χ0) is 14.3. The Balaban J connectivity index is 0. The van der Waals surface area contributed by atoms with Crippen LogP contribution in [0.2, 0.25) is 0 Å². The van der Waals surface area contributed by atoms with E-state index in [1.165, 1.54) is 4.88 Å². The van der Waals surface area contributed by atoms with Gasteiger partial charge < -0.3 is 11.1 Å². The third-order valence-electron chi connectivity index (χ3n) is 2.97. The predicted octanol–water partition coefficient (Wildman–Crippen LogP) is 3.56. The van der Waals surface area contributed by atoms with Gasteiger partial charge in [-0.1, -0.05) is 12.8 Å². The van der Waals surface area contributed by atoms with Crippen LogP contribution < -0.4 is 11.1 Å². The van der Waals surface area contributed by atoms with Crippen LogP contribution in [0.5, 0.6) is 0 Å². The number of thiazole rings is 1. The molecule has 124 valence electrons. The SMILES string of the molecule is Cc1cnc(C(C)(C)NC(=O)CCCCCCN)s1.Cl.Cl. The molecular formula is C14H27Cl2N3OS. The van der Waals surface area contributed by atoms with Crippen molar-refractivity contribution in [1.82, 2.24) is 10.3 Å². The summed E-state index contributed by atoms with van der Waals surface area (Å²) in [5.41, 5.74) is 5.05. The highest BCUT2D eigenvalue weighted by molar-refractivity contribution is 7.11. The van der Waals surface area contributed by atoms with E-state index in [1.54, 1.807) is 11.3 Å². The molecule has 3 N–H and O–H groups in total. The molecule has 1 aromatic rings. The van der Waals surface area contributed by atoms with Crippen molar-refractivity contribution >= 4 is 42.1 Å². The molecule has 0 aliphatic heterocycles. The van der Waals surface area contributed by atoms with E-state index in [2.05, 4.69) is 10.3 Å². The molecule has 0 radical (unpaired) electrons. The number of aryl methyl sites for hydroxylation is 1. The van der Waals surface area contributed by atoms with E-state index < -0.39 is 0 Å². The van der Waals surface area contributed by atoms with Crippen molar-refractivity contribution in [2.24, 2.45) is 5.73 Å². The highest BCUT2D eigenvalue weighted by Crippen LogP contribution is 2.24. The average Bonchev–Trinajstić information content (AvgIpc) is 2.76. The van der Waals surface area contributed by atoms with Crippen LogP contribution in [0.3, 0.4) is 0 Å². The fraction of sp³-hybridized carbons (Fsp3) is 0.714. The maximum Gasteiger partial charge on any atom is 0.220 e. The predicted molar refractivity (Wildman–Crippen MR) is 94.7 cm³/mol. The van der Waals surface area contributed by atoms with E-state index >= 15 is 0 Å². The molecule has 4 nitrogen and oxygen atoms in total. The van der Waals surface area contributed by atoms with Crippen molar-refractivity contribution < 1.29 is 4.79 Å². The third kappa shape index (κ3) is 8.61. The van der Waals surface area contributed by atoms with Crippen molar-refractivity contribution in [2.75, 3.05) is 6.54 Å². The second-order valence-electron chi connectivity index (χ2n) is 5.40. The molecule has 0 spiro atoms. The molecule has 1 amide bonds. The van der Waals surface area contributed by atoms with E-state index in [9.17, 15) is 4.79 Å². The van der Waals surface area contributed by atoms with Gasteiger partial charge >= 0.3 is 0 Å². The van der Waals surface area contributed by atoms with E-state index in [0.29, 0.717) is 6.42 Å². The van der Waals surface area contributed by atoms with Crippen LogP contribution in [0.15, 0.2) is 6.20 Å². The number of halogens is 2. The van der Waals surface area contributed by atoms with Crippen LogP contribution in [0.4, 0.5) is 0 Å². The Bertz CT molecular complexity index is 411. The zero-order valence-electron chi connectivity index (χ0n) is 13.0. The number of rotatable bonds is 8. The Morgan fingerprint density at radius 2 is 1.90 bits per heavy atom. The number of hydrogen-bond donors (Lipinski definition) is 2. The number of nitrogens with two attached hydrogens (primary N) is 1. The minimum atomic E-state index is -0.382. The minimum Gasteiger partial charge on any atom is -0.345 e. The molecule has 0 bridgehead atoms. The Labute approximate surface area is 144 Å². The summed E-state index contributed by atoms with van der Waals surface area (Å²) >= 11 is 1.63. The first-order valence-electron chi connectivity index (χ1n) is 6.89. The second kappa shape index (κ2) is 11.2. The lowest BCUT2D eigenvalue weighted by Crippen LogP contribution is -2.40. The molecule has 7 heteroatoms. The first kappa shape index (κ1) is 22.9. The van der Waals surface area contributed by atoms with Crippen LogP contribution in [0.25, 0.3) is 0 Å². The average molecular weight is 356 g/mol. The summed E-state index contributed by atoms with van der Waals surface area (Å²) in [7, 11) is 0. The monoisotopic (exact) mass is 355 g/mol. The van der Waals surface area contributed by atoms with Crippen molar-refractivity contribution in [2.45, 2.75) is 58.4 Å². The number of nitrogens with zero attached hydrogens (tertiary/aromatic N) is 1. The van der Waals surface area contributed by atoms with E-state index in [-0.39, 0.29) is 36.3 Å². The first-order chi connectivity index (χ1) is 8.95. The van der Waals surface area contributed by atoms with Crippen molar-refractivity contribution in [3.05, 3.63) is 16.1 Å². The minimum absolute atomic E-state index is 0. The van der Waals surface area contributed by atoms with Crippen molar-refractivity contribution in [1.29, 1.82) is 0 Å². The number of aromatic nitrogens is 1. The summed E-state index contributed by atoms with van der Waals surface area (Å²) < 4.78 is 0. The number of carbonyl (C=O) groups excluding carboxylic acids is 1. The van der Waals surface area contributed by atoms with Crippen LogP contribution in [-0.4, -0.2) is 17.4 Å². The standard InChI is InChI=1S/C14H25N3OS.2ClH/c1-11-10-16-13(19-11)14(2,3)17-12(18)8-6-4-5-7-9-15;;/h10H,4-9,15H2,1-3H3,(H,17,18);2*1H. The number of carbonyl (C=O) groups is 1. The lowest BCUT2D eigenvalue weighted by atomic mass is 10.1. The topological polar surface area (TPSA) is 68.0 Å². The van der Waals surface area contributed by atoms with Crippen molar-refractivity contribution in [3.63, 3.8) is 0 Å². The highest BCUT2D eigenvalue weighted by Gasteiger charge is 2.25.